The molecule has 0 amide bonds. The van der Waals surface area contributed by atoms with E-state index >= 15 is 0 Å². The minimum atomic E-state index is -0.368. The fourth-order valence-corrected chi connectivity index (χ4v) is 1.65. The van der Waals surface area contributed by atoms with Crippen LogP contribution in [0.2, 0.25) is 0 Å². The van der Waals surface area contributed by atoms with Crippen LogP contribution in [0.5, 0.6) is 0 Å². The molecule has 0 saturated carbocycles. The number of methoxy groups -OCH3 is 1. The lowest BCUT2D eigenvalue weighted by atomic mass is 10.1. The van der Waals surface area contributed by atoms with Gasteiger partial charge in [-0.2, -0.15) is 10.1 Å². The SMILES string of the molecule is CO[C@@H](C)c1noc(Cn2cnn(C(C)(C)C)c2=O)n1. The fraction of sp³-hybridized carbons (Fsp3) is 0.667. The van der Waals surface area contributed by atoms with Crippen molar-refractivity contribution in [2.75, 3.05) is 7.11 Å². The number of hydrogen-bond donors (Lipinski definition) is 0. The Kier molecular flexibility index (Phi) is 3.76. The summed E-state index contributed by atoms with van der Waals surface area (Å²) in [4.78, 5) is 16.4. The Balaban J connectivity index is 2.21. The van der Waals surface area contributed by atoms with E-state index in [-0.39, 0.29) is 23.9 Å². The molecule has 2 rings (SSSR count). The summed E-state index contributed by atoms with van der Waals surface area (Å²) in [6.07, 6.45) is 1.22. The highest BCUT2D eigenvalue weighted by molar-refractivity contribution is 4.91. The van der Waals surface area contributed by atoms with Crippen LogP contribution in [-0.4, -0.2) is 31.6 Å². The van der Waals surface area contributed by atoms with Crippen molar-refractivity contribution in [1.29, 1.82) is 0 Å². The van der Waals surface area contributed by atoms with Gasteiger partial charge in [0.25, 0.3) is 0 Å². The zero-order valence-electron chi connectivity index (χ0n) is 12.3. The first-order chi connectivity index (χ1) is 9.32. The Morgan fingerprint density at radius 3 is 2.70 bits per heavy atom. The van der Waals surface area contributed by atoms with Crippen molar-refractivity contribution in [3.63, 3.8) is 0 Å². The molecular weight excluding hydrogens is 262 g/mol. The third-order valence-electron chi connectivity index (χ3n) is 2.88. The van der Waals surface area contributed by atoms with Gasteiger partial charge in [0.2, 0.25) is 5.89 Å². The van der Waals surface area contributed by atoms with Gasteiger partial charge in [0.05, 0.1) is 5.54 Å². The second-order valence-electron chi connectivity index (χ2n) is 5.55. The van der Waals surface area contributed by atoms with Gasteiger partial charge in [0, 0.05) is 7.11 Å². The second kappa shape index (κ2) is 5.20. The van der Waals surface area contributed by atoms with Crippen LogP contribution in [0.1, 0.15) is 45.5 Å². The Bertz CT molecular complexity index is 634. The molecule has 2 aromatic heterocycles. The minimum absolute atomic E-state index is 0.193. The predicted octanol–water partition coefficient (Wildman–Crippen LogP) is 0.938. The first kappa shape index (κ1) is 14.4. The predicted molar refractivity (Wildman–Crippen MR) is 70.3 cm³/mol. The van der Waals surface area contributed by atoms with E-state index in [0.717, 1.165) is 0 Å². The maximum atomic E-state index is 12.2. The summed E-state index contributed by atoms with van der Waals surface area (Å²) in [6.45, 7) is 7.75. The number of rotatable bonds is 4. The van der Waals surface area contributed by atoms with Gasteiger partial charge in [-0.05, 0) is 27.7 Å². The highest BCUT2D eigenvalue weighted by Crippen LogP contribution is 2.12. The average Bonchev–Trinajstić information content (AvgIpc) is 2.96. The molecule has 110 valence electrons. The summed E-state index contributed by atoms with van der Waals surface area (Å²) < 4.78 is 13.1. The summed E-state index contributed by atoms with van der Waals surface area (Å²) in [7, 11) is 1.57. The van der Waals surface area contributed by atoms with Gasteiger partial charge in [-0.25, -0.2) is 9.48 Å². The molecule has 2 heterocycles. The van der Waals surface area contributed by atoms with Crippen LogP contribution in [-0.2, 0) is 16.8 Å². The number of nitrogens with zero attached hydrogens (tertiary/aromatic N) is 5. The van der Waals surface area contributed by atoms with E-state index in [1.165, 1.54) is 15.6 Å². The van der Waals surface area contributed by atoms with Crippen LogP contribution in [0, 0.1) is 0 Å². The highest BCUT2D eigenvalue weighted by Gasteiger charge is 2.20. The van der Waals surface area contributed by atoms with E-state index in [0.29, 0.717) is 11.7 Å². The molecule has 0 saturated heterocycles. The van der Waals surface area contributed by atoms with Crippen molar-refractivity contribution >= 4 is 0 Å². The summed E-state index contributed by atoms with van der Waals surface area (Å²) in [5.74, 6) is 0.804. The molecule has 1 atom stereocenters. The molecule has 0 spiro atoms. The highest BCUT2D eigenvalue weighted by atomic mass is 16.5. The van der Waals surface area contributed by atoms with Crippen molar-refractivity contribution in [1.82, 2.24) is 24.5 Å². The zero-order chi connectivity index (χ0) is 14.9. The maximum Gasteiger partial charge on any atom is 0.346 e. The molecule has 0 aliphatic heterocycles. The van der Waals surface area contributed by atoms with Gasteiger partial charge in [0.15, 0.2) is 5.82 Å². The van der Waals surface area contributed by atoms with Crippen molar-refractivity contribution in [2.45, 2.75) is 45.9 Å². The lowest BCUT2D eigenvalue weighted by Crippen LogP contribution is -2.35. The zero-order valence-corrected chi connectivity index (χ0v) is 12.3. The van der Waals surface area contributed by atoms with Crippen LogP contribution in [0.3, 0.4) is 0 Å². The van der Waals surface area contributed by atoms with Gasteiger partial charge in [-0.1, -0.05) is 5.16 Å². The fourth-order valence-electron chi connectivity index (χ4n) is 1.65. The number of hydrogen-bond acceptors (Lipinski definition) is 6. The average molecular weight is 281 g/mol. The largest absolute Gasteiger partial charge is 0.374 e. The van der Waals surface area contributed by atoms with Gasteiger partial charge >= 0.3 is 5.69 Å². The number of ether oxygens (including phenoxy) is 1. The first-order valence-electron chi connectivity index (χ1n) is 6.33. The van der Waals surface area contributed by atoms with Crippen LogP contribution in [0.4, 0.5) is 0 Å². The van der Waals surface area contributed by atoms with Crippen LogP contribution < -0.4 is 5.69 Å². The van der Waals surface area contributed by atoms with Gasteiger partial charge in [-0.3, -0.25) is 4.57 Å². The first-order valence-corrected chi connectivity index (χ1v) is 6.33. The monoisotopic (exact) mass is 281 g/mol. The Morgan fingerprint density at radius 2 is 2.15 bits per heavy atom. The molecule has 8 heteroatoms. The molecular formula is C12H19N5O3. The summed E-state index contributed by atoms with van der Waals surface area (Å²) in [5, 5.41) is 7.91. The third-order valence-corrected chi connectivity index (χ3v) is 2.88. The van der Waals surface area contributed by atoms with Gasteiger partial charge < -0.3 is 9.26 Å². The van der Waals surface area contributed by atoms with Crippen molar-refractivity contribution < 1.29 is 9.26 Å². The summed E-state index contributed by atoms with van der Waals surface area (Å²) >= 11 is 0. The summed E-state index contributed by atoms with van der Waals surface area (Å²) in [6, 6.07) is 0. The van der Waals surface area contributed by atoms with Gasteiger partial charge in [0.1, 0.15) is 19.0 Å². The quantitative estimate of drug-likeness (QED) is 0.828. The standard InChI is InChI=1S/C12H19N5O3/c1-8(19-5)10-14-9(20-15-10)6-16-7-13-17(11(16)18)12(2,3)4/h7-8H,6H2,1-5H3/t8-/m0/s1. The molecule has 2 aromatic rings. The molecule has 0 aliphatic rings. The van der Waals surface area contributed by atoms with E-state index < -0.39 is 0 Å². The molecule has 0 unspecified atom stereocenters. The van der Waals surface area contributed by atoms with Crippen molar-refractivity contribution in [3.05, 3.63) is 28.5 Å². The Hall–Kier alpha value is -1.96. The minimum Gasteiger partial charge on any atom is -0.374 e. The van der Waals surface area contributed by atoms with E-state index in [9.17, 15) is 4.79 Å². The van der Waals surface area contributed by atoms with Crippen molar-refractivity contribution in [2.24, 2.45) is 0 Å². The molecule has 0 aromatic carbocycles. The van der Waals surface area contributed by atoms with Gasteiger partial charge in [-0.15, -0.1) is 0 Å². The molecule has 20 heavy (non-hydrogen) atoms. The Labute approximate surface area is 116 Å². The topological polar surface area (TPSA) is 88.0 Å². The van der Waals surface area contributed by atoms with Crippen LogP contribution in [0.25, 0.3) is 0 Å². The molecule has 0 fully saturated rings. The smallest absolute Gasteiger partial charge is 0.346 e. The maximum absolute atomic E-state index is 12.2. The molecule has 0 radical (unpaired) electrons. The molecule has 0 bridgehead atoms. The molecule has 8 nitrogen and oxygen atoms in total. The normalized spacial score (nSPS) is 13.7. The molecule has 0 aliphatic carbocycles. The molecule has 0 N–H and O–H groups in total. The lowest BCUT2D eigenvalue weighted by molar-refractivity contribution is 0.109. The van der Waals surface area contributed by atoms with Crippen LogP contribution >= 0.6 is 0 Å². The number of aromatic nitrogens is 5. The van der Waals surface area contributed by atoms with E-state index in [1.54, 1.807) is 7.11 Å². The van der Waals surface area contributed by atoms with Crippen molar-refractivity contribution in [3.8, 4) is 0 Å². The Morgan fingerprint density at radius 1 is 1.45 bits per heavy atom. The second-order valence-corrected chi connectivity index (χ2v) is 5.55. The van der Waals surface area contributed by atoms with E-state index in [1.807, 2.05) is 27.7 Å². The van der Waals surface area contributed by atoms with E-state index in [2.05, 4.69) is 15.2 Å². The van der Waals surface area contributed by atoms with Crippen LogP contribution in [0.15, 0.2) is 15.6 Å². The van der Waals surface area contributed by atoms with E-state index in [4.69, 9.17) is 9.26 Å². The lowest BCUT2D eigenvalue weighted by Gasteiger charge is -2.16. The third kappa shape index (κ3) is 2.79. The summed E-state index contributed by atoms with van der Waals surface area (Å²) in [5.41, 5.74) is -0.579.